The number of benzene rings is 3. The molecule has 0 aliphatic rings. The van der Waals surface area contributed by atoms with E-state index in [0.29, 0.717) is 10.8 Å². The molecule has 0 spiro atoms. The molecule has 22 heavy (non-hydrogen) atoms. The molecular weight excluding hydrogens is 294 g/mol. The lowest BCUT2D eigenvalue weighted by molar-refractivity contribution is 0.482. The van der Waals surface area contributed by atoms with Crippen molar-refractivity contribution in [1.82, 2.24) is 4.98 Å². The fourth-order valence-corrected chi connectivity index (χ4v) is 3.11. The number of aromatic nitrogens is 1. The Bertz CT molecular complexity index is 974. The molecule has 0 saturated carbocycles. The standard InChI is InChI=1S/C17H11N3OS/c21-16-12-6-2-1-5-11(12)9-10-14(16)19-20-17-18-13-7-3-4-8-15(13)22-17/h1-10,21H/b20-19+. The van der Waals surface area contributed by atoms with Crippen molar-refractivity contribution in [2.24, 2.45) is 10.2 Å². The van der Waals surface area contributed by atoms with E-state index in [1.807, 2.05) is 54.6 Å². The van der Waals surface area contributed by atoms with Crippen molar-refractivity contribution < 1.29 is 5.11 Å². The normalized spacial score (nSPS) is 11.6. The Kier molecular flexibility index (Phi) is 3.05. The second-order valence-electron chi connectivity index (χ2n) is 4.82. The highest BCUT2D eigenvalue weighted by Crippen LogP contribution is 2.36. The van der Waals surface area contributed by atoms with Crippen molar-refractivity contribution in [2.75, 3.05) is 0 Å². The first-order chi connectivity index (χ1) is 10.8. The monoisotopic (exact) mass is 305 g/mol. The molecule has 106 valence electrons. The summed E-state index contributed by atoms with van der Waals surface area (Å²) in [5.41, 5.74) is 1.35. The Morgan fingerprint density at radius 1 is 0.864 bits per heavy atom. The van der Waals surface area contributed by atoms with Gasteiger partial charge in [-0.25, -0.2) is 4.98 Å². The highest BCUT2D eigenvalue weighted by atomic mass is 32.1. The van der Waals surface area contributed by atoms with Gasteiger partial charge in [0.2, 0.25) is 5.13 Å². The molecule has 0 aliphatic carbocycles. The summed E-state index contributed by atoms with van der Waals surface area (Å²) in [6.07, 6.45) is 0. The van der Waals surface area contributed by atoms with Gasteiger partial charge in [0.05, 0.1) is 10.2 Å². The van der Waals surface area contributed by atoms with Crippen LogP contribution in [0.1, 0.15) is 0 Å². The van der Waals surface area contributed by atoms with Gasteiger partial charge in [-0.1, -0.05) is 53.8 Å². The summed E-state index contributed by atoms with van der Waals surface area (Å²) in [6, 6.07) is 19.2. The number of para-hydroxylation sites is 1. The summed E-state index contributed by atoms with van der Waals surface area (Å²) in [5.74, 6) is 0.142. The summed E-state index contributed by atoms with van der Waals surface area (Å²) < 4.78 is 1.07. The van der Waals surface area contributed by atoms with E-state index in [4.69, 9.17) is 0 Å². The quantitative estimate of drug-likeness (QED) is 0.492. The molecule has 0 atom stereocenters. The molecule has 0 fully saturated rings. The summed E-state index contributed by atoms with van der Waals surface area (Å²) in [7, 11) is 0. The molecule has 0 radical (unpaired) electrons. The Hall–Kier alpha value is -2.79. The van der Waals surface area contributed by atoms with Crippen molar-refractivity contribution in [3.05, 3.63) is 60.7 Å². The van der Waals surface area contributed by atoms with Crippen LogP contribution in [0.4, 0.5) is 10.8 Å². The van der Waals surface area contributed by atoms with Gasteiger partial charge < -0.3 is 5.11 Å². The van der Waals surface area contributed by atoms with Crippen LogP contribution in [0.2, 0.25) is 0 Å². The minimum Gasteiger partial charge on any atom is -0.505 e. The second-order valence-corrected chi connectivity index (χ2v) is 5.83. The number of nitrogens with zero attached hydrogens (tertiary/aromatic N) is 3. The number of phenolic OH excluding ortho intramolecular Hbond substituents is 1. The maximum absolute atomic E-state index is 10.3. The highest BCUT2D eigenvalue weighted by molar-refractivity contribution is 7.21. The minimum atomic E-state index is 0.142. The number of hydrogen-bond donors (Lipinski definition) is 1. The van der Waals surface area contributed by atoms with E-state index in [-0.39, 0.29) is 5.75 Å². The molecular formula is C17H11N3OS. The maximum atomic E-state index is 10.3. The van der Waals surface area contributed by atoms with Crippen LogP contribution < -0.4 is 0 Å². The number of hydrogen-bond acceptors (Lipinski definition) is 5. The van der Waals surface area contributed by atoms with E-state index in [0.717, 1.165) is 21.0 Å². The number of rotatable bonds is 2. The number of aromatic hydroxyl groups is 1. The Labute approximate surface area is 130 Å². The van der Waals surface area contributed by atoms with Crippen LogP contribution in [0.5, 0.6) is 5.75 Å². The van der Waals surface area contributed by atoms with Gasteiger partial charge in [0, 0.05) is 5.39 Å². The van der Waals surface area contributed by atoms with Gasteiger partial charge in [0.25, 0.3) is 0 Å². The van der Waals surface area contributed by atoms with Gasteiger partial charge in [-0.2, -0.15) is 0 Å². The van der Waals surface area contributed by atoms with Gasteiger partial charge >= 0.3 is 0 Å². The lowest BCUT2D eigenvalue weighted by Crippen LogP contribution is -1.74. The molecule has 0 saturated heterocycles. The van der Waals surface area contributed by atoms with Crippen molar-refractivity contribution >= 4 is 43.1 Å². The third-order valence-electron chi connectivity index (χ3n) is 3.41. The minimum absolute atomic E-state index is 0.142. The van der Waals surface area contributed by atoms with Gasteiger partial charge in [0.15, 0.2) is 5.75 Å². The molecule has 1 heterocycles. The van der Waals surface area contributed by atoms with Gasteiger partial charge in [-0.05, 0) is 23.6 Å². The third-order valence-corrected chi connectivity index (χ3v) is 4.33. The number of phenols is 1. The topological polar surface area (TPSA) is 57.8 Å². The summed E-state index contributed by atoms with van der Waals surface area (Å²) in [6.45, 7) is 0. The van der Waals surface area contributed by atoms with Crippen LogP contribution in [-0.4, -0.2) is 10.1 Å². The van der Waals surface area contributed by atoms with Crippen LogP contribution in [0.3, 0.4) is 0 Å². The first-order valence-corrected chi connectivity index (χ1v) is 7.61. The molecule has 4 rings (SSSR count). The molecule has 0 bridgehead atoms. The van der Waals surface area contributed by atoms with Gasteiger partial charge in [0.1, 0.15) is 5.69 Å². The highest BCUT2D eigenvalue weighted by Gasteiger charge is 2.06. The summed E-state index contributed by atoms with van der Waals surface area (Å²) in [4.78, 5) is 4.40. The lowest BCUT2D eigenvalue weighted by Gasteiger charge is -2.02. The van der Waals surface area contributed by atoms with E-state index < -0.39 is 0 Å². The zero-order valence-corrected chi connectivity index (χ0v) is 12.3. The van der Waals surface area contributed by atoms with Crippen molar-refractivity contribution in [3.63, 3.8) is 0 Å². The fourth-order valence-electron chi connectivity index (χ4n) is 2.32. The molecule has 0 amide bonds. The average Bonchev–Trinajstić information content (AvgIpc) is 2.97. The first-order valence-electron chi connectivity index (χ1n) is 6.79. The van der Waals surface area contributed by atoms with E-state index in [2.05, 4.69) is 15.2 Å². The summed E-state index contributed by atoms with van der Waals surface area (Å²) in [5, 5.41) is 20.9. The smallest absolute Gasteiger partial charge is 0.231 e. The summed E-state index contributed by atoms with van der Waals surface area (Å²) >= 11 is 1.47. The van der Waals surface area contributed by atoms with E-state index in [1.165, 1.54) is 11.3 Å². The molecule has 0 unspecified atom stereocenters. The SMILES string of the molecule is Oc1c(/N=N/c2nc3ccccc3s2)ccc2ccccc12. The van der Waals surface area contributed by atoms with Gasteiger partial charge in [-0.3, -0.25) is 0 Å². The lowest BCUT2D eigenvalue weighted by atomic mass is 10.1. The number of fused-ring (bicyclic) bond motifs is 2. The molecule has 1 aromatic heterocycles. The van der Waals surface area contributed by atoms with Crippen molar-refractivity contribution in [2.45, 2.75) is 0 Å². The maximum Gasteiger partial charge on any atom is 0.231 e. The Morgan fingerprint density at radius 3 is 2.59 bits per heavy atom. The van der Waals surface area contributed by atoms with Crippen LogP contribution >= 0.6 is 11.3 Å². The fraction of sp³-hybridized carbons (Fsp3) is 0. The van der Waals surface area contributed by atoms with Crippen LogP contribution in [-0.2, 0) is 0 Å². The molecule has 4 aromatic rings. The van der Waals surface area contributed by atoms with E-state index >= 15 is 0 Å². The Morgan fingerprint density at radius 2 is 1.68 bits per heavy atom. The van der Waals surface area contributed by atoms with E-state index in [1.54, 1.807) is 6.07 Å². The second kappa shape index (κ2) is 5.20. The predicted octanol–water partition coefficient (Wildman–Crippen LogP) is 5.57. The zero-order chi connectivity index (χ0) is 14.9. The van der Waals surface area contributed by atoms with Crippen molar-refractivity contribution in [3.8, 4) is 5.75 Å². The van der Waals surface area contributed by atoms with Gasteiger partial charge in [-0.15, -0.1) is 10.2 Å². The van der Waals surface area contributed by atoms with Crippen LogP contribution in [0.25, 0.3) is 21.0 Å². The number of thiazole rings is 1. The molecule has 3 aromatic carbocycles. The van der Waals surface area contributed by atoms with Crippen LogP contribution in [0.15, 0.2) is 70.9 Å². The molecule has 4 nitrogen and oxygen atoms in total. The largest absolute Gasteiger partial charge is 0.505 e. The Balaban J connectivity index is 1.74. The third kappa shape index (κ3) is 2.21. The molecule has 1 N–H and O–H groups in total. The average molecular weight is 305 g/mol. The zero-order valence-electron chi connectivity index (χ0n) is 11.5. The number of azo groups is 1. The van der Waals surface area contributed by atoms with E-state index in [9.17, 15) is 5.11 Å². The predicted molar refractivity (Wildman–Crippen MR) is 89.4 cm³/mol. The first kappa shape index (κ1) is 12.9. The molecule has 5 heteroatoms. The van der Waals surface area contributed by atoms with Crippen molar-refractivity contribution in [1.29, 1.82) is 0 Å². The molecule has 0 aliphatic heterocycles. The van der Waals surface area contributed by atoms with Crippen LogP contribution in [0, 0.1) is 0 Å².